The van der Waals surface area contributed by atoms with Gasteiger partial charge >= 0.3 is 5.97 Å². The highest BCUT2D eigenvalue weighted by Crippen LogP contribution is 2.19. The number of carbonyl (C=O) groups excluding carboxylic acids is 2. The minimum atomic E-state index is -1.14. The van der Waals surface area contributed by atoms with E-state index in [4.69, 9.17) is 5.73 Å². The first-order chi connectivity index (χ1) is 9.99. The van der Waals surface area contributed by atoms with Crippen molar-refractivity contribution in [1.29, 1.82) is 0 Å². The van der Waals surface area contributed by atoms with Gasteiger partial charge in [0.25, 0.3) is 5.91 Å². The van der Waals surface area contributed by atoms with Gasteiger partial charge in [-0.3, -0.25) is 9.59 Å². The van der Waals surface area contributed by atoms with Crippen LogP contribution in [0.4, 0.5) is 0 Å². The second kappa shape index (κ2) is 6.19. The minimum Gasteiger partial charge on any atom is -0.479 e. The molecule has 0 aliphatic carbocycles. The molecule has 2 rings (SSSR count). The average Bonchev–Trinajstić information content (AvgIpc) is 2.98. The molecule has 0 aliphatic heterocycles. The van der Waals surface area contributed by atoms with Gasteiger partial charge in [-0.2, -0.15) is 0 Å². The van der Waals surface area contributed by atoms with Crippen LogP contribution in [0.15, 0.2) is 41.8 Å². The summed E-state index contributed by atoms with van der Waals surface area (Å²) in [6, 6.07) is 7.92. The van der Waals surface area contributed by atoms with Gasteiger partial charge in [-0.15, -0.1) is 11.3 Å². The Morgan fingerprint density at radius 3 is 2.19 bits per heavy atom. The molecule has 0 radical (unpaired) electrons. The quantitative estimate of drug-likeness (QED) is 0.775. The molecule has 1 aromatic heterocycles. The fraction of sp³-hybridized carbons (Fsp3) is 0.0714. The minimum absolute atomic E-state index is 0.253. The number of thiophene rings is 1. The highest BCUT2D eigenvalue weighted by atomic mass is 32.1. The van der Waals surface area contributed by atoms with Crippen LogP contribution >= 0.6 is 11.3 Å². The van der Waals surface area contributed by atoms with Crippen LogP contribution in [-0.2, 0) is 4.79 Å². The van der Waals surface area contributed by atoms with Gasteiger partial charge in [-0.25, -0.2) is 4.79 Å². The zero-order valence-electron chi connectivity index (χ0n) is 10.8. The molecule has 0 bridgehead atoms. The number of benzene rings is 1. The van der Waals surface area contributed by atoms with Gasteiger partial charge in [0.15, 0.2) is 6.04 Å². The third kappa shape index (κ3) is 3.46. The number of nitrogens with one attached hydrogen (secondary N) is 1. The van der Waals surface area contributed by atoms with E-state index in [2.05, 4.69) is 5.32 Å². The molecule has 0 fully saturated rings. The summed E-state index contributed by atoms with van der Waals surface area (Å²) in [4.78, 5) is 34.8. The number of carbonyl (C=O) groups is 3. The number of rotatable bonds is 5. The Bertz CT molecular complexity index is 665. The van der Waals surface area contributed by atoms with Crippen molar-refractivity contribution in [2.75, 3.05) is 0 Å². The van der Waals surface area contributed by atoms with Crippen LogP contribution in [0.25, 0.3) is 0 Å². The van der Waals surface area contributed by atoms with Gasteiger partial charge in [0.2, 0.25) is 5.91 Å². The SMILES string of the molecule is NC(=O)c1ccc(C(=O)NC(C(=O)O)c2cccs2)cc1. The molecule has 7 heteroatoms. The van der Waals surface area contributed by atoms with E-state index < -0.39 is 23.8 Å². The van der Waals surface area contributed by atoms with Crippen molar-refractivity contribution in [2.24, 2.45) is 5.73 Å². The standard InChI is InChI=1S/C14H12N2O4S/c15-12(17)8-3-5-9(6-4-8)13(18)16-11(14(19)20)10-2-1-7-21-10/h1-7,11H,(H2,15,17)(H,16,18)(H,19,20). The zero-order valence-corrected chi connectivity index (χ0v) is 11.6. The van der Waals surface area contributed by atoms with Crippen LogP contribution in [0.5, 0.6) is 0 Å². The molecule has 6 nitrogen and oxygen atoms in total. The lowest BCUT2D eigenvalue weighted by Gasteiger charge is -2.13. The van der Waals surface area contributed by atoms with Crippen LogP contribution in [-0.4, -0.2) is 22.9 Å². The van der Waals surface area contributed by atoms with Gasteiger partial charge in [-0.05, 0) is 35.7 Å². The Balaban J connectivity index is 2.16. The molecule has 2 amide bonds. The van der Waals surface area contributed by atoms with E-state index in [1.807, 2.05) is 0 Å². The molecule has 108 valence electrons. The van der Waals surface area contributed by atoms with Gasteiger partial charge in [-0.1, -0.05) is 6.07 Å². The monoisotopic (exact) mass is 304 g/mol. The molecule has 1 unspecified atom stereocenters. The molecule has 1 atom stereocenters. The number of carboxylic acids is 1. The molecule has 1 heterocycles. The summed E-state index contributed by atoms with van der Waals surface area (Å²) in [5.41, 5.74) is 5.64. The van der Waals surface area contributed by atoms with Crippen molar-refractivity contribution in [2.45, 2.75) is 6.04 Å². The molecule has 0 spiro atoms. The van der Waals surface area contributed by atoms with Gasteiger partial charge in [0.05, 0.1) is 0 Å². The molecule has 1 aromatic carbocycles. The Morgan fingerprint density at radius 1 is 1.10 bits per heavy atom. The molecule has 4 N–H and O–H groups in total. The van der Waals surface area contributed by atoms with Crippen LogP contribution in [0.1, 0.15) is 31.6 Å². The number of carboxylic acid groups (broad SMARTS) is 1. The van der Waals surface area contributed by atoms with Crippen LogP contribution in [0.3, 0.4) is 0 Å². The number of aliphatic carboxylic acids is 1. The first kappa shape index (κ1) is 14.7. The molecule has 21 heavy (non-hydrogen) atoms. The van der Waals surface area contributed by atoms with E-state index in [9.17, 15) is 19.5 Å². The molecule has 0 saturated heterocycles. The van der Waals surface area contributed by atoms with Crippen LogP contribution < -0.4 is 11.1 Å². The molecular weight excluding hydrogens is 292 g/mol. The Labute approximate surface area is 124 Å². The maximum Gasteiger partial charge on any atom is 0.331 e. The van der Waals surface area contributed by atoms with E-state index in [0.717, 1.165) is 0 Å². The predicted molar refractivity (Wildman–Crippen MR) is 77.1 cm³/mol. The normalized spacial score (nSPS) is 11.6. The topological polar surface area (TPSA) is 109 Å². The summed E-state index contributed by atoms with van der Waals surface area (Å²) >= 11 is 1.25. The van der Waals surface area contributed by atoms with Crippen LogP contribution in [0.2, 0.25) is 0 Å². The fourth-order valence-electron chi connectivity index (χ4n) is 1.71. The maximum absolute atomic E-state index is 12.0. The smallest absolute Gasteiger partial charge is 0.331 e. The van der Waals surface area contributed by atoms with E-state index in [0.29, 0.717) is 4.88 Å². The number of amides is 2. The van der Waals surface area contributed by atoms with Gasteiger partial charge in [0.1, 0.15) is 0 Å². The third-order valence-electron chi connectivity index (χ3n) is 2.78. The molecule has 0 aliphatic rings. The van der Waals surface area contributed by atoms with Gasteiger partial charge in [0, 0.05) is 16.0 Å². The van der Waals surface area contributed by atoms with Gasteiger partial charge < -0.3 is 16.2 Å². The van der Waals surface area contributed by atoms with Crippen molar-refractivity contribution in [3.05, 3.63) is 57.8 Å². The summed E-state index contributed by atoms with van der Waals surface area (Å²) in [7, 11) is 0. The first-order valence-corrected chi connectivity index (χ1v) is 6.84. The summed E-state index contributed by atoms with van der Waals surface area (Å²) in [5, 5.41) is 13.4. The zero-order chi connectivity index (χ0) is 15.4. The van der Waals surface area contributed by atoms with E-state index >= 15 is 0 Å². The Kier molecular flexibility index (Phi) is 4.34. The number of primary amides is 1. The predicted octanol–water partition coefficient (Wildman–Crippen LogP) is 1.40. The lowest BCUT2D eigenvalue weighted by Crippen LogP contribution is -2.33. The first-order valence-electron chi connectivity index (χ1n) is 5.96. The summed E-state index contributed by atoms with van der Waals surface area (Å²) in [6.45, 7) is 0. The Hall–Kier alpha value is -2.67. The average molecular weight is 304 g/mol. The summed E-state index contributed by atoms with van der Waals surface area (Å²) < 4.78 is 0. The Morgan fingerprint density at radius 2 is 1.71 bits per heavy atom. The van der Waals surface area contributed by atoms with Crippen molar-refractivity contribution < 1.29 is 19.5 Å². The second-order valence-electron chi connectivity index (χ2n) is 4.20. The van der Waals surface area contributed by atoms with E-state index in [1.54, 1.807) is 17.5 Å². The molecular formula is C14H12N2O4S. The lowest BCUT2D eigenvalue weighted by atomic mass is 10.1. The number of hydrogen-bond donors (Lipinski definition) is 3. The molecule has 0 saturated carbocycles. The number of hydrogen-bond acceptors (Lipinski definition) is 4. The maximum atomic E-state index is 12.0. The largest absolute Gasteiger partial charge is 0.479 e. The summed E-state index contributed by atoms with van der Waals surface area (Å²) in [6.07, 6.45) is 0. The van der Waals surface area contributed by atoms with Crippen molar-refractivity contribution >= 4 is 29.1 Å². The molecule has 2 aromatic rings. The van der Waals surface area contributed by atoms with Crippen molar-refractivity contribution in [3.8, 4) is 0 Å². The number of nitrogens with two attached hydrogens (primary N) is 1. The highest BCUT2D eigenvalue weighted by Gasteiger charge is 2.23. The van der Waals surface area contributed by atoms with Crippen molar-refractivity contribution in [1.82, 2.24) is 5.32 Å². The van der Waals surface area contributed by atoms with Crippen LogP contribution in [0, 0.1) is 0 Å². The van der Waals surface area contributed by atoms with E-state index in [1.165, 1.54) is 35.6 Å². The summed E-state index contributed by atoms with van der Waals surface area (Å²) in [5.74, 6) is -2.27. The lowest BCUT2D eigenvalue weighted by molar-refractivity contribution is -0.139. The van der Waals surface area contributed by atoms with E-state index in [-0.39, 0.29) is 11.1 Å². The third-order valence-corrected chi connectivity index (χ3v) is 3.72. The highest BCUT2D eigenvalue weighted by molar-refractivity contribution is 7.10. The second-order valence-corrected chi connectivity index (χ2v) is 5.18. The van der Waals surface area contributed by atoms with Crippen molar-refractivity contribution in [3.63, 3.8) is 0 Å². The fourth-order valence-corrected chi connectivity index (χ4v) is 2.48.